The molecule has 0 aliphatic carbocycles. The summed E-state index contributed by atoms with van der Waals surface area (Å²) in [5, 5.41) is -0.112. The highest BCUT2D eigenvalue weighted by Gasteiger charge is 1.83. The molecule has 5 heavy (non-hydrogen) atoms. The topological polar surface area (TPSA) is 17.1 Å². The van der Waals surface area contributed by atoms with Gasteiger partial charge in [0.25, 0.3) is 0 Å². The van der Waals surface area contributed by atoms with Crippen LogP contribution in [-0.2, 0) is 4.79 Å². The number of carbonyl (C=O) groups is 1. The Hall–Kier alpha value is 0.440. The van der Waals surface area contributed by atoms with Crippen LogP contribution in [0, 0.1) is 0 Å². The van der Waals surface area contributed by atoms with Gasteiger partial charge in [0, 0.05) is 0 Å². The standard InChI is InChI=1S/C2H2BrClO/c3-1-2(4)5/h1H2/i2+2. The molecule has 0 unspecified atom stereocenters. The Morgan fingerprint density at radius 3 is 2.20 bits per heavy atom. The van der Waals surface area contributed by atoms with Gasteiger partial charge in [0.05, 0.1) is 5.33 Å². The maximum absolute atomic E-state index is 9.53. The fourth-order valence-corrected chi connectivity index (χ4v) is 0. The van der Waals surface area contributed by atoms with E-state index in [4.69, 9.17) is 11.6 Å². The molecular weight excluding hydrogens is 157 g/mol. The molecule has 0 amide bonds. The van der Waals surface area contributed by atoms with E-state index in [0.29, 0.717) is 0 Å². The van der Waals surface area contributed by atoms with Crippen LogP contribution >= 0.6 is 27.5 Å². The first-order valence-electron chi connectivity index (χ1n) is 1.01. The fraction of sp³-hybridized carbons (Fsp3) is 0.500. The Balaban J connectivity index is 2.85. The molecule has 3 heteroatoms. The second kappa shape index (κ2) is 2.67. The summed E-state index contributed by atoms with van der Waals surface area (Å²) in [6, 6.07) is 0. The summed E-state index contributed by atoms with van der Waals surface area (Å²) in [4.78, 5) is 9.53. The van der Waals surface area contributed by atoms with Gasteiger partial charge in [-0.3, -0.25) is 4.79 Å². The third-order valence-corrected chi connectivity index (χ3v) is 1.07. The smallest absolute Gasteiger partial charge is 0.232 e. The lowest BCUT2D eigenvalue weighted by molar-refractivity contribution is -0.109. The van der Waals surface area contributed by atoms with Gasteiger partial charge < -0.3 is 0 Å². The average molecular weight is 159 g/mol. The highest BCUT2D eigenvalue weighted by molar-refractivity contribution is 9.09. The number of alkyl halides is 1. The second-order valence-electron chi connectivity index (χ2n) is 0.489. The second-order valence-corrected chi connectivity index (χ2v) is 1.47. The van der Waals surface area contributed by atoms with Crippen molar-refractivity contribution in [2.45, 2.75) is 0 Å². The highest BCUT2D eigenvalue weighted by atomic mass is 79.9. The van der Waals surface area contributed by atoms with Crippen LogP contribution in [0.15, 0.2) is 0 Å². The first-order valence-corrected chi connectivity index (χ1v) is 2.51. The Morgan fingerprint density at radius 2 is 2.20 bits per heavy atom. The Labute approximate surface area is 43.4 Å². The van der Waals surface area contributed by atoms with Crippen molar-refractivity contribution in [2.75, 3.05) is 5.33 Å². The molecule has 0 atom stereocenters. The lowest BCUT2D eigenvalue weighted by Gasteiger charge is -1.66. The van der Waals surface area contributed by atoms with Crippen molar-refractivity contribution < 1.29 is 4.79 Å². The van der Waals surface area contributed by atoms with Crippen LogP contribution in [0.5, 0.6) is 0 Å². The molecule has 0 fully saturated rings. The van der Waals surface area contributed by atoms with Gasteiger partial charge in [-0.1, -0.05) is 15.9 Å². The minimum atomic E-state index is -0.356. The summed E-state index contributed by atoms with van der Waals surface area (Å²) in [6.07, 6.45) is 0. The molecule has 0 aromatic carbocycles. The molecule has 30 valence electrons. The summed E-state index contributed by atoms with van der Waals surface area (Å²) in [5.41, 5.74) is 0. The quantitative estimate of drug-likeness (QED) is 0.414. The SMILES string of the molecule is O=[14C](Cl)CBr. The zero-order valence-corrected chi connectivity index (χ0v) is 4.71. The average Bonchev–Trinajstić information content (AvgIpc) is 1.38. The molecule has 0 rings (SSSR count). The zero-order chi connectivity index (χ0) is 4.28. The lowest BCUT2D eigenvalue weighted by atomic mass is 11.6. The number of rotatable bonds is 1. The third-order valence-electron chi connectivity index (χ3n) is 0.105. The molecule has 0 N–H and O–H groups in total. The normalized spacial score (nSPS) is 7.60. The van der Waals surface area contributed by atoms with E-state index >= 15 is 0 Å². The van der Waals surface area contributed by atoms with E-state index in [0.717, 1.165) is 0 Å². The van der Waals surface area contributed by atoms with Gasteiger partial charge >= 0.3 is 0 Å². The van der Waals surface area contributed by atoms with Gasteiger partial charge in [-0.25, -0.2) is 0 Å². The van der Waals surface area contributed by atoms with Gasteiger partial charge in [0.1, 0.15) is 0 Å². The van der Waals surface area contributed by atoms with E-state index < -0.39 is 0 Å². The van der Waals surface area contributed by atoms with E-state index in [-0.39, 0.29) is 10.6 Å². The van der Waals surface area contributed by atoms with E-state index in [1.165, 1.54) is 0 Å². The van der Waals surface area contributed by atoms with Crippen molar-refractivity contribution in [3.63, 3.8) is 0 Å². The third kappa shape index (κ3) is 4.44. The molecule has 1 nitrogen and oxygen atoms in total. The minimum Gasteiger partial charge on any atom is -0.280 e. The summed E-state index contributed by atoms with van der Waals surface area (Å²) in [6.45, 7) is 0. The van der Waals surface area contributed by atoms with Gasteiger partial charge in [-0.15, -0.1) is 0 Å². The number of carbonyl (C=O) groups excluding carboxylic acids is 1. The van der Waals surface area contributed by atoms with Crippen molar-refractivity contribution in [1.82, 2.24) is 0 Å². The van der Waals surface area contributed by atoms with Crippen molar-refractivity contribution in [3.05, 3.63) is 0 Å². The number of hydrogen-bond donors (Lipinski definition) is 0. The number of hydrogen-bond acceptors (Lipinski definition) is 1. The van der Waals surface area contributed by atoms with Gasteiger partial charge in [-0.05, 0) is 11.6 Å². The van der Waals surface area contributed by atoms with Crippen LogP contribution in [0.2, 0.25) is 0 Å². The molecule has 0 saturated carbocycles. The molecule has 0 bridgehead atoms. The first-order chi connectivity index (χ1) is 2.27. The summed E-state index contributed by atoms with van der Waals surface area (Å²) < 4.78 is 0. The highest BCUT2D eigenvalue weighted by Crippen LogP contribution is 1.83. The van der Waals surface area contributed by atoms with Crippen molar-refractivity contribution in [3.8, 4) is 0 Å². The van der Waals surface area contributed by atoms with E-state index in [9.17, 15) is 4.79 Å². The van der Waals surface area contributed by atoms with Crippen molar-refractivity contribution in [2.24, 2.45) is 0 Å². The van der Waals surface area contributed by atoms with Crippen LogP contribution in [0.4, 0.5) is 0 Å². The molecule has 0 aromatic heterocycles. The van der Waals surface area contributed by atoms with E-state index in [2.05, 4.69) is 15.9 Å². The molecular formula is C2H2BrClO. The van der Waals surface area contributed by atoms with E-state index in [1.54, 1.807) is 0 Å². The summed E-state index contributed by atoms with van der Waals surface area (Å²) in [7, 11) is 0. The Morgan fingerprint density at radius 1 is 2.00 bits per heavy atom. The largest absolute Gasteiger partial charge is 0.280 e. The lowest BCUT2D eigenvalue weighted by Crippen LogP contribution is -1.80. The molecule has 0 saturated heterocycles. The predicted octanol–water partition coefficient (Wildman–Crippen LogP) is 1.15. The minimum absolute atomic E-state index is 0.245. The monoisotopic (exact) mass is 158 g/mol. The summed E-state index contributed by atoms with van der Waals surface area (Å²) in [5.74, 6) is 0. The maximum Gasteiger partial charge on any atom is 0.232 e. The molecule has 0 radical (unpaired) electrons. The van der Waals surface area contributed by atoms with Crippen LogP contribution in [0.3, 0.4) is 0 Å². The van der Waals surface area contributed by atoms with Gasteiger partial charge in [0.2, 0.25) is 5.24 Å². The molecule has 0 aliphatic heterocycles. The number of halogens is 2. The zero-order valence-electron chi connectivity index (χ0n) is 2.37. The summed E-state index contributed by atoms with van der Waals surface area (Å²) >= 11 is 7.61. The Kier molecular flexibility index (Phi) is 2.90. The molecule has 0 aromatic rings. The predicted molar refractivity (Wildman–Crippen MR) is 24.7 cm³/mol. The van der Waals surface area contributed by atoms with Crippen LogP contribution in [0.25, 0.3) is 0 Å². The Bertz CT molecular complexity index is 44.9. The van der Waals surface area contributed by atoms with Crippen LogP contribution in [-0.4, -0.2) is 10.6 Å². The maximum atomic E-state index is 9.53. The molecule has 0 spiro atoms. The molecule has 0 aliphatic rings. The van der Waals surface area contributed by atoms with Gasteiger partial charge in [-0.2, -0.15) is 0 Å². The fourth-order valence-electron chi connectivity index (χ4n) is 0. The van der Waals surface area contributed by atoms with Gasteiger partial charge in [0.15, 0.2) is 0 Å². The van der Waals surface area contributed by atoms with Crippen LogP contribution in [0.1, 0.15) is 0 Å². The van der Waals surface area contributed by atoms with E-state index in [1.807, 2.05) is 0 Å². The molecule has 0 heterocycles. The first kappa shape index (κ1) is 5.44. The van der Waals surface area contributed by atoms with Crippen molar-refractivity contribution in [1.29, 1.82) is 0 Å². The van der Waals surface area contributed by atoms with Crippen molar-refractivity contribution >= 4 is 32.8 Å². The van der Waals surface area contributed by atoms with Crippen LogP contribution < -0.4 is 0 Å².